The first-order valence-corrected chi connectivity index (χ1v) is 6.18. The third-order valence-corrected chi connectivity index (χ3v) is 3.80. The van der Waals surface area contributed by atoms with Crippen molar-refractivity contribution in [3.8, 4) is 5.75 Å². The van der Waals surface area contributed by atoms with E-state index in [9.17, 15) is 4.79 Å². The molecule has 4 nitrogen and oxygen atoms in total. The van der Waals surface area contributed by atoms with Crippen LogP contribution in [-0.2, 0) is 19.3 Å². The van der Waals surface area contributed by atoms with Crippen LogP contribution in [0.1, 0.15) is 48.2 Å². The van der Waals surface area contributed by atoms with Gasteiger partial charge in [0.15, 0.2) is 0 Å². The van der Waals surface area contributed by atoms with E-state index in [-0.39, 0.29) is 0 Å². The largest absolute Gasteiger partial charge is 0.410 e. The predicted molar refractivity (Wildman–Crippen MR) is 63.2 cm³/mol. The normalized spacial score (nSPS) is 21.1. The van der Waals surface area contributed by atoms with Gasteiger partial charge in [-0.2, -0.15) is 0 Å². The minimum Gasteiger partial charge on any atom is -0.410 e. The molecule has 90 valence electrons. The van der Waals surface area contributed by atoms with Crippen LogP contribution in [0, 0.1) is 0 Å². The van der Waals surface area contributed by atoms with Crippen LogP contribution in [0.4, 0.5) is 4.79 Å². The molecule has 0 unspecified atom stereocenters. The Morgan fingerprint density at radius 1 is 1.35 bits per heavy atom. The number of aromatic nitrogens is 1. The number of rotatable bonds is 1. The van der Waals surface area contributed by atoms with Crippen molar-refractivity contribution in [3.63, 3.8) is 0 Å². The minimum absolute atomic E-state index is 0.464. The fraction of sp³-hybridized carbons (Fsp3) is 0.538. The number of nitrogens with zero attached hydrogens (tertiary/aromatic N) is 1. The highest BCUT2D eigenvalue weighted by atomic mass is 16.5. The molecular formula is C13H16N2O2. The molecule has 1 aromatic rings. The second-order valence-electron chi connectivity index (χ2n) is 4.94. The summed E-state index contributed by atoms with van der Waals surface area (Å²) in [7, 11) is 0. The number of primary amides is 1. The topological polar surface area (TPSA) is 65.2 Å². The lowest BCUT2D eigenvalue weighted by Crippen LogP contribution is -2.18. The van der Waals surface area contributed by atoms with Crippen molar-refractivity contribution in [3.05, 3.63) is 22.5 Å². The lowest BCUT2D eigenvalue weighted by Gasteiger charge is -2.13. The van der Waals surface area contributed by atoms with Crippen molar-refractivity contribution < 1.29 is 9.53 Å². The van der Waals surface area contributed by atoms with E-state index in [1.54, 1.807) is 0 Å². The molecule has 2 aliphatic carbocycles. The number of carbonyl (C=O) groups is 1. The number of fused-ring (bicyclic) bond motifs is 2. The van der Waals surface area contributed by atoms with Crippen LogP contribution in [-0.4, -0.2) is 11.1 Å². The van der Waals surface area contributed by atoms with Gasteiger partial charge >= 0.3 is 6.09 Å². The van der Waals surface area contributed by atoms with Crippen LogP contribution >= 0.6 is 0 Å². The van der Waals surface area contributed by atoms with Crippen molar-refractivity contribution in [2.24, 2.45) is 5.73 Å². The maximum atomic E-state index is 11.0. The van der Waals surface area contributed by atoms with Crippen molar-refractivity contribution in [2.75, 3.05) is 0 Å². The number of aryl methyl sites for hydroxylation is 1. The van der Waals surface area contributed by atoms with Gasteiger partial charge in [-0.15, -0.1) is 0 Å². The quantitative estimate of drug-likeness (QED) is 0.806. The van der Waals surface area contributed by atoms with Crippen molar-refractivity contribution in [1.82, 2.24) is 4.98 Å². The predicted octanol–water partition coefficient (Wildman–Crippen LogP) is 2.08. The third kappa shape index (κ3) is 1.59. The first-order chi connectivity index (χ1) is 8.16. The van der Waals surface area contributed by atoms with Gasteiger partial charge in [0.05, 0.1) is 5.69 Å². The van der Waals surface area contributed by atoms with Crippen molar-refractivity contribution in [2.45, 2.75) is 44.9 Å². The third-order valence-electron chi connectivity index (χ3n) is 3.80. The van der Waals surface area contributed by atoms with Gasteiger partial charge in [0.25, 0.3) is 0 Å². The molecule has 0 radical (unpaired) electrons. The Morgan fingerprint density at radius 3 is 2.94 bits per heavy atom. The summed E-state index contributed by atoms with van der Waals surface area (Å²) in [5, 5.41) is 0. The second kappa shape index (κ2) is 3.72. The number of pyridine rings is 1. The SMILES string of the molecule is C[C@@H]1CCc2c1nc1c(c2OC(N)=O)CCC1. The zero-order valence-corrected chi connectivity index (χ0v) is 9.95. The van der Waals surface area contributed by atoms with Crippen LogP contribution in [0.2, 0.25) is 0 Å². The van der Waals surface area contributed by atoms with Gasteiger partial charge in [-0.05, 0) is 38.0 Å². The van der Waals surface area contributed by atoms with Crippen LogP contribution in [0.15, 0.2) is 0 Å². The molecule has 0 aliphatic heterocycles. The summed E-state index contributed by atoms with van der Waals surface area (Å²) in [4.78, 5) is 15.8. The van der Waals surface area contributed by atoms with Gasteiger partial charge in [-0.3, -0.25) is 4.98 Å². The molecule has 0 bridgehead atoms. The number of carbonyl (C=O) groups excluding carboxylic acids is 1. The summed E-state index contributed by atoms with van der Waals surface area (Å²) in [5.74, 6) is 1.19. The number of nitrogens with two attached hydrogens (primary N) is 1. The highest BCUT2D eigenvalue weighted by molar-refractivity contribution is 5.70. The van der Waals surface area contributed by atoms with E-state index < -0.39 is 6.09 Å². The standard InChI is InChI=1S/C13H16N2O2/c1-7-5-6-9-11(7)15-10-4-2-3-8(10)12(9)17-13(14)16/h7H,2-6H2,1H3,(H2,14,16)/t7-/m1/s1. The van der Waals surface area contributed by atoms with Crippen LogP contribution in [0.25, 0.3) is 0 Å². The zero-order valence-electron chi connectivity index (χ0n) is 9.95. The summed E-state index contributed by atoms with van der Waals surface area (Å²) in [5.41, 5.74) is 9.60. The molecule has 1 atom stereocenters. The van der Waals surface area contributed by atoms with Gasteiger partial charge in [0.1, 0.15) is 5.75 Å². The Morgan fingerprint density at radius 2 is 2.18 bits per heavy atom. The molecule has 0 spiro atoms. The first kappa shape index (κ1) is 10.6. The molecule has 0 aromatic carbocycles. The Labute approximate surface area is 100 Å². The maximum absolute atomic E-state index is 11.0. The Kier molecular flexibility index (Phi) is 2.31. The molecule has 1 aromatic heterocycles. The lowest BCUT2D eigenvalue weighted by atomic mass is 10.1. The molecule has 1 heterocycles. The van der Waals surface area contributed by atoms with Gasteiger partial charge in [0, 0.05) is 16.8 Å². The highest BCUT2D eigenvalue weighted by Gasteiger charge is 2.30. The molecular weight excluding hydrogens is 216 g/mol. The van der Waals surface area contributed by atoms with E-state index in [0.717, 1.165) is 60.4 Å². The molecule has 1 amide bonds. The molecule has 2 N–H and O–H groups in total. The van der Waals surface area contributed by atoms with E-state index in [2.05, 4.69) is 6.92 Å². The Balaban J connectivity index is 2.17. The average molecular weight is 232 g/mol. The summed E-state index contributed by atoms with van der Waals surface area (Å²) in [6.45, 7) is 2.17. The monoisotopic (exact) mass is 232 g/mol. The molecule has 0 fully saturated rings. The van der Waals surface area contributed by atoms with Gasteiger partial charge in [-0.25, -0.2) is 4.79 Å². The van der Waals surface area contributed by atoms with Crippen LogP contribution in [0.5, 0.6) is 5.75 Å². The van der Waals surface area contributed by atoms with Crippen molar-refractivity contribution in [1.29, 1.82) is 0 Å². The summed E-state index contributed by atoms with van der Waals surface area (Å²) in [6.07, 6.45) is 4.35. The zero-order chi connectivity index (χ0) is 12.0. The van der Waals surface area contributed by atoms with E-state index in [0.29, 0.717) is 5.92 Å². The fourth-order valence-electron chi connectivity index (χ4n) is 2.98. The molecule has 3 rings (SSSR count). The van der Waals surface area contributed by atoms with Crippen molar-refractivity contribution >= 4 is 6.09 Å². The molecule has 17 heavy (non-hydrogen) atoms. The molecule has 4 heteroatoms. The van der Waals surface area contributed by atoms with Gasteiger partial charge < -0.3 is 10.5 Å². The number of ether oxygens (including phenoxy) is 1. The highest BCUT2D eigenvalue weighted by Crippen LogP contribution is 2.42. The van der Waals surface area contributed by atoms with Gasteiger partial charge in [-0.1, -0.05) is 6.92 Å². The van der Waals surface area contributed by atoms with Gasteiger partial charge in [0.2, 0.25) is 0 Å². The minimum atomic E-state index is -0.716. The van der Waals surface area contributed by atoms with E-state index in [1.807, 2.05) is 0 Å². The number of amides is 1. The van der Waals surface area contributed by atoms with E-state index >= 15 is 0 Å². The Bertz CT molecular complexity index is 497. The number of hydrogen-bond donors (Lipinski definition) is 1. The van der Waals surface area contributed by atoms with Crippen LogP contribution < -0.4 is 10.5 Å². The average Bonchev–Trinajstić information content (AvgIpc) is 2.86. The summed E-state index contributed by atoms with van der Waals surface area (Å²) < 4.78 is 5.25. The molecule has 2 aliphatic rings. The van der Waals surface area contributed by atoms with E-state index in [4.69, 9.17) is 15.5 Å². The summed E-state index contributed by atoms with van der Waals surface area (Å²) in [6, 6.07) is 0. The molecule has 0 saturated heterocycles. The first-order valence-electron chi connectivity index (χ1n) is 6.18. The lowest BCUT2D eigenvalue weighted by molar-refractivity contribution is 0.210. The smallest absolute Gasteiger partial charge is 0.409 e. The fourth-order valence-corrected chi connectivity index (χ4v) is 2.98. The maximum Gasteiger partial charge on any atom is 0.409 e. The summed E-state index contributed by atoms with van der Waals surface area (Å²) >= 11 is 0. The van der Waals surface area contributed by atoms with E-state index in [1.165, 1.54) is 0 Å². The number of hydrogen-bond acceptors (Lipinski definition) is 3. The Hall–Kier alpha value is -1.58. The molecule has 0 saturated carbocycles. The second-order valence-corrected chi connectivity index (χ2v) is 4.94. The van der Waals surface area contributed by atoms with Crippen LogP contribution in [0.3, 0.4) is 0 Å².